The summed E-state index contributed by atoms with van der Waals surface area (Å²) in [6, 6.07) is 74.0. The van der Waals surface area contributed by atoms with E-state index in [9.17, 15) is 0 Å². The Labute approximate surface area is 318 Å². The molecule has 0 radical (unpaired) electrons. The van der Waals surface area contributed by atoms with Crippen molar-refractivity contribution < 1.29 is 4.42 Å². The summed E-state index contributed by atoms with van der Waals surface area (Å²) in [5, 5.41) is 7.22. The first-order chi connectivity index (χ1) is 27.3. The molecule has 0 fully saturated rings. The van der Waals surface area contributed by atoms with Crippen molar-refractivity contribution >= 4 is 71.6 Å². The van der Waals surface area contributed by atoms with Crippen LogP contribution in [-0.4, -0.2) is 4.57 Å². The summed E-state index contributed by atoms with van der Waals surface area (Å²) in [5.74, 6) is 0. The molecule has 0 saturated carbocycles. The largest absolute Gasteiger partial charge is 0.456 e. The van der Waals surface area contributed by atoms with Crippen LogP contribution in [0.3, 0.4) is 0 Å². The van der Waals surface area contributed by atoms with Gasteiger partial charge in [0, 0.05) is 44.0 Å². The molecule has 0 atom stereocenters. The number of aromatic nitrogens is 1. The van der Waals surface area contributed by atoms with E-state index in [2.05, 4.69) is 204 Å². The number of para-hydroxylation sites is 3. The third-order valence-electron chi connectivity index (χ3n) is 11.0. The molecule has 2 heterocycles. The lowest BCUT2D eigenvalue weighted by atomic mass is 9.97. The number of fused-ring (bicyclic) bond motifs is 7. The second-order valence-electron chi connectivity index (χ2n) is 14.1. The number of hydrogen-bond acceptors (Lipinski definition) is 2. The topological polar surface area (TPSA) is 21.3 Å². The van der Waals surface area contributed by atoms with Crippen molar-refractivity contribution in [1.29, 1.82) is 0 Å². The molecule has 0 bridgehead atoms. The molecule has 3 heteroatoms. The fourth-order valence-electron chi connectivity index (χ4n) is 8.46. The Morgan fingerprint density at radius 3 is 1.71 bits per heavy atom. The first kappa shape index (κ1) is 31.2. The first-order valence-corrected chi connectivity index (χ1v) is 18.8. The monoisotopic (exact) mass is 702 g/mol. The second kappa shape index (κ2) is 12.6. The van der Waals surface area contributed by atoms with E-state index in [1.807, 2.05) is 12.1 Å². The maximum absolute atomic E-state index is 6.18. The third kappa shape index (κ3) is 5.13. The lowest BCUT2D eigenvalue weighted by Crippen LogP contribution is -2.11. The normalized spacial score (nSPS) is 11.6. The molecular formula is C52H34N2O. The summed E-state index contributed by atoms with van der Waals surface area (Å²) < 4.78 is 8.57. The minimum Gasteiger partial charge on any atom is -0.456 e. The molecular weight excluding hydrogens is 669 g/mol. The van der Waals surface area contributed by atoms with Gasteiger partial charge in [0.1, 0.15) is 11.2 Å². The van der Waals surface area contributed by atoms with Gasteiger partial charge in [0.05, 0.1) is 16.7 Å². The van der Waals surface area contributed by atoms with E-state index < -0.39 is 0 Å². The Kier molecular flexibility index (Phi) is 7.17. The summed E-state index contributed by atoms with van der Waals surface area (Å²) in [7, 11) is 0. The zero-order valence-corrected chi connectivity index (χ0v) is 29.9. The Balaban J connectivity index is 1.01. The number of rotatable bonds is 6. The molecule has 0 aliphatic rings. The highest BCUT2D eigenvalue weighted by Crippen LogP contribution is 2.42. The van der Waals surface area contributed by atoms with Crippen molar-refractivity contribution in [3.63, 3.8) is 0 Å². The maximum Gasteiger partial charge on any atom is 0.136 e. The van der Waals surface area contributed by atoms with E-state index in [-0.39, 0.29) is 0 Å². The molecule has 0 aliphatic carbocycles. The van der Waals surface area contributed by atoms with Crippen LogP contribution in [0.1, 0.15) is 0 Å². The number of benzene rings is 9. The van der Waals surface area contributed by atoms with Crippen molar-refractivity contribution in [3.05, 3.63) is 206 Å². The van der Waals surface area contributed by atoms with Crippen LogP contribution in [0.15, 0.2) is 211 Å². The van der Waals surface area contributed by atoms with Crippen LogP contribution in [0.5, 0.6) is 0 Å². The van der Waals surface area contributed by atoms with E-state index in [1.165, 1.54) is 54.8 Å². The average molecular weight is 703 g/mol. The van der Waals surface area contributed by atoms with E-state index in [1.54, 1.807) is 0 Å². The molecule has 9 aromatic carbocycles. The molecule has 0 amide bonds. The van der Waals surface area contributed by atoms with Crippen molar-refractivity contribution in [2.75, 3.05) is 4.90 Å². The Bertz CT molecular complexity index is 3150. The Hall–Kier alpha value is -7.36. The summed E-state index contributed by atoms with van der Waals surface area (Å²) in [6.45, 7) is 0. The molecule has 0 aliphatic heterocycles. The van der Waals surface area contributed by atoms with Crippen molar-refractivity contribution in [2.45, 2.75) is 0 Å². The van der Waals surface area contributed by atoms with E-state index >= 15 is 0 Å². The van der Waals surface area contributed by atoms with Crippen LogP contribution in [0.2, 0.25) is 0 Å². The zero-order valence-electron chi connectivity index (χ0n) is 29.9. The van der Waals surface area contributed by atoms with Crippen LogP contribution in [0.25, 0.3) is 82.5 Å². The standard InChI is InChI=1S/C52H34N2O/c1-2-16-42-37(12-1)13-9-23-47(42)53(40-14-10-15-41(34-40)54-48-21-6-3-17-44(48)45-18-4-7-22-49(45)54)39-32-30-36(31-33-39)35-26-28-38(29-27-35)43-20-11-25-51-52(43)46-19-5-8-24-50(46)55-51/h1-34H. The second-order valence-corrected chi connectivity index (χ2v) is 14.1. The summed E-state index contributed by atoms with van der Waals surface area (Å²) in [4.78, 5) is 2.39. The van der Waals surface area contributed by atoms with Crippen LogP contribution in [0, 0.1) is 0 Å². The maximum atomic E-state index is 6.18. The van der Waals surface area contributed by atoms with Crippen molar-refractivity contribution in [1.82, 2.24) is 4.57 Å². The fraction of sp³-hybridized carbons (Fsp3) is 0. The molecule has 0 spiro atoms. The average Bonchev–Trinajstić information content (AvgIpc) is 3.81. The van der Waals surface area contributed by atoms with Gasteiger partial charge in [0.25, 0.3) is 0 Å². The smallest absolute Gasteiger partial charge is 0.136 e. The zero-order chi connectivity index (χ0) is 36.3. The van der Waals surface area contributed by atoms with Gasteiger partial charge in [-0.25, -0.2) is 0 Å². The van der Waals surface area contributed by atoms with E-state index in [0.29, 0.717) is 0 Å². The highest BCUT2D eigenvalue weighted by Gasteiger charge is 2.18. The van der Waals surface area contributed by atoms with Gasteiger partial charge in [0.15, 0.2) is 0 Å². The number of furan rings is 1. The Morgan fingerprint density at radius 2 is 0.945 bits per heavy atom. The number of nitrogens with zero attached hydrogens (tertiary/aromatic N) is 2. The predicted molar refractivity (Wildman–Crippen MR) is 231 cm³/mol. The summed E-state index contributed by atoms with van der Waals surface area (Å²) in [6.07, 6.45) is 0. The van der Waals surface area contributed by atoms with Crippen LogP contribution in [-0.2, 0) is 0 Å². The molecule has 0 N–H and O–H groups in total. The fourth-order valence-corrected chi connectivity index (χ4v) is 8.46. The van der Waals surface area contributed by atoms with Gasteiger partial charge in [-0.15, -0.1) is 0 Å². The lowest BCUT2D eigenvalue weighted by Gasteiger charge is -2.27. The van der Waals surface area contributed by atoms with E-state index in [4.69, 9.17) is 4.42 Å². The van der Waals surface area contributed by atoms with Crippen LogP contribution < -0.4 is 4.90 Å². The minimum atomic E-state index is 0.912. The quantitative estimate of drug-likeness (QED) is 0.172. The van der Waals surface area contributed by atoms with Gasteiger partial charge in [0.2, 0.25) is 0 Å². The van der Waals surface area contributed by atoms with Gasteiger partial charge in [-0.1, -0.05) is 146 Å². The molecule has 11 aromatic rings. The van der Waals surface area contributed by atoms with Crippen molar-refractivity contribution in [2.24, 2.45) is 0 Å². The molecule has 258 valence electrons. The number of anilines is 3. The van der Waals surface area contributed by atoms with Gasteiger partial charge < -0.3 is 13.9 Å². The van der Waals surface area contributed by atoms with E-state index in [0.717, 1.165) is 44.7 Å². The SMILES string of the molecule is c1cc(N(c2ccc(-c3ccc(-c4cccc5oc6ccccc6c45)cc3)cc2)c2cccc3ccccc23)cc(-n2c3ccccc3c3ccccc32)c1. The predicted octanol–water partition coefficient (Wildman–Crippen LogP) is 14.6. The highest BCUT2D eigenvalue weighted by atomic mass is 16.3. The van der Waals surface area contributed by atoms with Crippen molar-refractivity contribution in [3.8, 4) is 27.9 Å². The third-order valence-corrected chi connectivity index (χ3v) is 11.0. The number of hydrogen-bond donors (Lipinski definition) is 0. The lowest BCUT2D eigenvalue weighted by molar-refractivity contribution is 0.669. The summed E-state index contributed by atoms with van der Waals surface area (Å²) in [5.41, 5.74) is 13.3. The van der Waals surface area contributed by atoms with Gasteiger partial charge in [-0.2, -0.15) is 0 Å². The van der Waals surface area contributed by atoms with Gasteiger partial charge >= 0.3 is 0 Å². The highest BCUT2D eigenvalue weighted by molar-refractivity contribution is 6.12. The van der Waals surface area contributed by atoms with Crippen LogP contribution >= 0.6 is 0 Å². The molecule has 11 rings (SSSR count). The Morgan fingerprint density at radius 1 is 0.382 bits per heavy atom. The first-order valence-electron chi connectivity index (χ1n) is 18.8. The summed E-state index contributed by atoms with van der Waals surface area (Å²) >= 11 is 0. The molecule has 2 aromatic heterocycles. The minimum absolute atomic E-state index is 0.912. The molecule has 0 saturated heterocycles. The van der Waals surface area contributed by atoms with Gasteiger partial charge in [-0.3, -0.25) is 0 Å². The van der Waals surface area contributed by atoms with Crippen LogP contribution in [0.4, 0.5) is 17.1 Å². The van der Waals surface area contributed by atoms with Gasteiger partial charge in [-0.05, 0) is 88.3 Å². The molecule has 55 heavy (non-hydrogen) atoms. The molecule has 3 nitrogen and oxygen atoms in total. The molecule has 0 unspecified atom stereocenters.